The van der Waals surface area contributed by atoms with E-state index in [0.29, 0.717) is 12.8 Å². The highest BCUT2D eigenvalue weighted by molar-refractivity contribution is 5.67. The molecular weight excluding hydrogens is 161 g/mol. The molecule has 1 saturated carbocycles. The highest BCUT2D eigenvalue weighted by Gasteiger charge is 2.32. The van der Waals surface area contributed by atoms with Crippen LogP contribution in [0.15, 0.2) is 0 Å². The van der Waals surface area contributed by atoms with Gasteiger partial charge in [0.15, 0.2) is 0 Å². The van der Waals surface area contributed by atoms with Crippen molar-refractivity contribution in [1.29, 1.82) is 0 Å². The first-order valence-corrected chi connectivity index (χ1v) is 4.19. The van der Waals surface area contributed by atoms with Crippen molar-refractivity contribution in [3.8, 4) is 0 Å². The molecule has 0 bridgehead atoms. The predicted octanol–water partition coefficient (Wildman–Crippen LogP) is 1.62. The Balaban J connectivity index is 2.11. The second-order valence-corrected chi connectivity index (χ2v) is 3.40. The molecule has 0 aromatic carbocycles. The van der Waals surface area contributed by atoms with Crippen molar-refractivity contribution in [3.05, 3.63) is 0 Å². The van der Waals surface area contributed by atoms with Crippen molar-refractivity contribution in [2.45, 2.75) is 45.0 Å². The van der Waals surface area contributed by atoms with E-state index in [9.17, 15) is 9.18 Å². The van der Waals surface area contributed by atoms with Crippen LogP contribution in [0.5, 0.6) is 0 Å². The topological polar surface area (TPSA) is 38.3 Å². The number of rotatable bonds is 2. The number of nitrogens with one attached hydrogen (secondary N) is 1. The Morgan fingerprint density at radius 2 is 2.17 bits per heavy atom. The molecule has 70 valence electrons. The molecule has 0 aromatic rings. The fraction of sp³-hybridized carbons (Fsp3) is 0.875. The van der Waals surface area contributed by atoms with E-state index in [1.54, 1.807) is 0 Å². The minimum Gasteiger partial charge on any atom is -0.446 e. The zero-order chi connectivity index (χ0) is 9.14. The molecule has 4 heteroatoms. The summed E-state index contributed by atoms with van der Waals surface area (Å²) >= 11 is 0. The quantitative estimate of drug-likeness (QED) is 0.692. The number of alkyl halides is 1. The van der Waals surface area contributed by atoms with Gasteiger partial charge in [0.1, 0.15) is 12.3 Å². The van der Waals surface area contributed by atoms with E-state index < -0.39 is 12.3 Å². The average Bonchev–Trinajstić information content (AvgIpc) is 1.82. The molecule has 1 N–H and O–H groups in total. The van der Waals surface area contributed by atoms with Crippen LogP contribution in [0.1, 0.15) is 26.7 Å². The van der Waals surface area contributed by atoms with Gasteiger partial charge in [-0.15, -0.1) is 0 Å². The Morgan fingerprint density at radius 1 is 1.58 bits per heavy atom. The van der Waals surface area contributed by atoms with Gasteiger partial charge in [0.25, 0.3) is 0 Å². The lowest BCUT2D eigenvalue weighted by Gasteiger charge is -2.29. The zero-order valence-electron chi connectivity index (χ0n) is 7.34. The average molecular weight is 175 g/mol. The maximum atomic E-state index is 12.3. The summed E-state index contributed by atoms with van der Waals surface area (Å²) in [6.45, 7) is 3.69. The van der Waals surface area contributed by atoms with Gasteiger partial charge < -0.3 is 10.1 Å². The Kier molecular flexibility index (Phi) is 2.89. The molecule has 1 rings (SSSR count). The molecule has 1 aliphatic rings. The van der Waals surface area contributed by atoms with Crippen LogP contribution in [-0.4, -0.2) is 24.4 Å². The summed E-state index contributed by atoms with van der Waals surface area (Å²) in [5, 5.41) is 2.57. The molecule has 1 fully saturated rings. The van der Waals surface area contributed by atoms with E-state index in [4.69, 9.17) is 4.74 Å². The molecule has 0 aliphatic heterocycles. The van der Waals surface area contributed by atoms with Gasteiger partial charge >= 0.3 is 6.09 Å². The summed E-state index contributed by atoms with van der Waals surface area (Å²) in [4.78, 5) is 10.9. The lowest BCUT2D eigenvalue weighted by molar-refractivity contribution is 0.00235. The molecule has 0 radical (unpaired) electrons. The first kappa shape index (κ1) is 9.29. The second-order valence-electron chi connectivity index (χ2n) is 3.40. The Morgan fingerprint density at radius 3 is 2.58 bits per heavy atom. The number of alkyl carbamates (subject to hydrolysis) is 1. The van der Waals surface area contributed by atoms with E-state index in [1.807, 2.05) is 13.8 Å². The first-order chi connectivity index (χ1) is 5.58. The van der Waals surface area contributed by atoms with Crippen LogP contribution in [0.3, 0.4) is 0 Å². The summed E-state index contributed by atoms with van der Waals surface area (Å²) in [6.07, 6.45) is -0.723. The third-order valence-electron chi connectivity index (χ3n) is 1.72. The minimum absolute atomic E-state index is 0.0683. The van der Waals surface area contributed by atoms with Crippen molar-refractivity contribution < 1.29 is 13.9 Å². The van der Waals surface area contributed by atoms with Crippen molar-refractivity contribution >= 4 is 6.09 Å². The molecule has 12 heavy (non-hydrogen) atoms. The van der Waals surface area contributed by atoms with E-state index in [2.05, 4.69) is 5.32 Å². The lowest BCUT2D eigenvalue weighted by atomic mass is 9.94. The predicted molar refractivity (Wildman–Crippen MR) is 42.7 cm³/mol. The number of ether oxygens (including phenoxy) is 1. The van der Waals surface area contributed by atoms with Gasteiger partial charge in [-0.25, -0.2) is 9.18 Å². The maximum Gasteiger partial charge on any atom is 0.407 e. The number of halogens is 1. The van der Waals surface area contributed by atoms with Crippen LogP contribution in [0.2, 0.25) is 0 Å². The summed E-state index contributed by atoms with van der Waals surface area (Å²) < 4.78 is 17.1. The van der Waals surface area contributed by atoms with Crippen LogP contribution in [0.25, 0.3) is 0 Å². The van der Waals surface area contributed by atoms with Crippen LogP contribution >= 0.6 is 0 Å². The highest BCUT2D eigenvalue weighted by Crippen LogP contribution is 2.25. The van der Waals surface area contributed by atoms with Gasteiger partial charge in [-0.1, -0.05) is 0 Å². The van der Waals surface area contributed by atoms with Crippen molar-refractivity contribution in [1.82, 2.24) is 5.32 Å². The van der Waals surface area contributed by atoms with Crippen molar-refractivity contribution in [2.75, 3.05) is 0 Å². The van der Waals surface area contributed by atoms with Gasteiger partial charge in [0, 0.05) is 18.9 Å². The molecule has 0 atom stereocenters. The van der Waals surface area contributed by atoms with Gasteiger partial charge in [-0.3, -0.25) is 0 Å². The molecule has 0 saturated heterocycles. The number of hydrogen-bond donors (Lipinski definition) is 1. The number of carbonyl (C=O) groups is 1. The van der Waals surface area contributed by atoms with E-state index in [-0.39, 0.29) is 12.1 Å². The van der Waals surface area contributed by atoms with Crippen LogP contribution in [0.4, 0.5) is 9.18 Å². The molecule has 3 nitrogen and oxygen atoms in total. The third kappa shape index (κ3) is 2.68. The molecule has 1 aliphatic carbocycles. The standard InChI is InChI=1S/C8H14FNO2/c1-5(2)10-8(11)12-7-3-6(9)4-7/h5-7H,3-4H2,1-2H3,(H,10,11)/t6-,7+. The first-order valence-electron chi connectivity index (χ1n) is 4.19. The van der Waals surface area contributed by atoms with Gasteiger partial charge in [0.2, 0.25) is 0 Å². The fourth-order valence-electron chi connectivity index (χ4n) is 1.02. The van der Waals surface area contributed by atoms with Gasteiger partial charge in [0.05, 0.1) is 0 Å². The normalized spacial score (nSPS) is 28.0. The maximum absolute atomic E-state index is 12.3. The molecular formula is C8H14FNO2. The minimum atomic E-state index is -0.776. The number of carbonyl (C=O) groups excluding carboxylic acids is 1. The second kappa shape index (κ2) is 3.74. The van der Waals surface area contributed by atoms with E-state index >= 15 is 0 Å². The Hall–Kier alpha value is -0.800. The number of amides is 1. The van der Waals surface area contributed by atoms with Gasteiger partial charge in [-0.2, -0.15) is 0 Å². The summed E-state index contributed by atoms with van der Waals surface area (Å²) in [5.74, 6) is 0. The molecule has 0 unspecified atom stereocenters. The van der Waals surface area contributed by atoms with Crippen molar-refractivity contribution in [3.63, 3.8) is 0 Å². The summed E-state index contributed by atoms with van der Waals surface area (Å²) in [7, 11) is 0. The van der Waals surface area contributed by atoms with E-state index in [0.717, 1.165) is 0 Å². The van der Waals surface area contributed by atoms with Crippen LogP contribution < -0.4 is 5.32 Å². The molecule has 0 heterocycles. The zero-order valence-corrected chi connectivity index (χ0v) is 7.34. The van der Waals surface area contributed by atoms with Crippen LogP contribution in [0, 0.1) is 0 Å². The molecule has 0 aromatic heterocycles. The lowest BCUT2D eigenvalue weighted by Crippen LogP contribution is -2.39. The fourth-order valence-corrected chi connectivity index (χ4v) is 1.02. The molecule has 1 amide bonds. The largest absolute Gasteiger partial charge is 0.446 e. The number of hydrogen-bond acceptors (Lipinski definition) is 2. The molecule has 0 spiro atoms. The summed E-state index contributed by atoms with van der Waals surface area (Å²) in [6, 6.07) is 0.0683. The highest BCUT2D eigenvalue weighted by atomic mass is 19.1. The monoisotopic (exact) mass is 175 g/mol. The summed E-state index contributed by atoms with van der Waals surface area (Å²) in [5.41, 5.74) is 0. The third-order valence-corrected chi connectivity index (χ3v) is 1.72. The van der Waals surface area contributed by atoms with Crippen molar-refractivity contribution in [2.24, 2.45) is 0 Å². The van der Waals surface area contributed by atoms with Crippen LogP contribution in [-0.2, 0) is 4.74 Å². The van der Waals surface area contributed by atoms with Gasteiger partial charge in [-0.05, 0) is 13.8 Å². The Labute approximate surface area is 71.3 Å². The SMILES string of the molecule is CC(C)NC(=O)O[C@H]1C[C@@H](F)C1. The smallest absolute Gasteiger partial charge is 0.407 e. The Bertz CT molecular complexity index is 166. The van der Waals surface area contributed by atoms with E-state index in [1.165, 1.54) is 0 Å².